The zero-order valence-electron chi connectivity index (χ0n) is 21.8. The first-order chi connectivity index (χ1) is 17.6. The number of methoxy groups -OCH3 is 1. The molecular formula is C29H41N3O3S. The highest BCUT2D eigenvalue weighted by Crippen LogP contribution is 2.39. The van der Waals surface area contributed by atoms with Gasteiger partial charge in [0.2, 0.25) is 5.88 Å². The van der Waals surface area contributed by atoms with Crippen LogP contribution in [-0.2, 0) is 0 Å². The number of carbonyl (C=O) groups excluding carboxylic acids is 1. The molecule has 0 spiro atoms. The molecule has 0 fully saturated rings. The minimum absolute atomic E-state index is 0.0372. The maximum atomic E-state index is 13.7. The number of carbonyl (C=O) groups is 1. The molecule has 36 heavy (non-hydrogen) atoms. The van der Waals surface area contributed by atoms with Crippen molar-refractivity contribution in [1.29, 1.82) is 0 Å². The zero-order chi connectivity index (χ0) is 25.6. The van der Waals surface area contributed by atoms with Crippen molar-refractivity contribution in [2.24, 2.45) is 0 Å². The van der Waals surface area contributed by atoms with E-state index in [0.717, 1.165) is 24.1 Å². The Labute approximate surface area is 219 Å². The molecule has 3 rings (SSSR count). The van der Waals surface area contributed by atoms with Gasteiger partial charge in [-0.15, -0.1) is 11.3 Å². The van der Waals surface area contributed by atoms with Crippen molar-refractivity contribution in [3.8, 4) is 17.3 Å². The lowest BCUT2D eigenvalue weighted by Gasteiger charge is -2.16. The van der Waals surface area contributed by atoms with Crippen molar-refractivity contribution in [1.82, 2.24) is 9.97 Å². The summed E-state index contributed by atoms with van der Waals surface area (Å²) in [5.41, 5.74) is 7.35. The van der Waals surface area contributed by atoms with E-state index in [2.05, 4.69) is 16.9 Å². The lowest BCUT2D eigenvalue weighted by molar-refractivity contribution is 0.0954. The lowest BCUT2D eigenvalue weighted by Crippen LogP contribution is -2.13. The Morgan fingerprint density at radius 2 is 1.69 bits per heavy atom. The molecule has 0 saturated carbocycles. The van der Waals surface area contributed by atoms with E-state index >= 15 is 0 Å². The van der Waals surface area contributed by atoms with Gasteiger partial charge in [0.15, 0.2) is 16.7 Å². The molecule has 196 valence electrons. The summed E-state index contributed by atoms with van der Waals surface area (Å²) >= 11 is 1.38. The number of ether oxygens (including phenoxy) is 1. The fourth-order valence-corrected chi connectivity index (χ4v) is 5.59. The van der Waals surface area contributed by atoms with E-state index in [0.29, 0.717) is 28.0 Å². The van der Waals surface area contributed by atoms with E-state index in [1.807, 2.05) is 12.1 Å². The number of nitrogen functional groups attached to an aromatic ring is 1. The number of rotatable bonds is 18. The standard InChI is InChI=1S/C29H41N3O3S/c1-3-4-5-6-7-8-9-10-11-12-13-14-16-23(27(33)22-18-19-31-25(21-22)34-2)28-26(32-29(30)36-28)24-17-15-20-35-24/h15,17-21,23H,3-14,16H2,1-2H3,(H2,30,32). The van der Waals surface area contributed by atoms with Gasteiger partial charge in [-0.05, 0) is 24.6 Å². The number of Topliss-reactive ketones (excluding diaryl/α,β-unsaturated/α-hetero) is 1. The molecule has 3 aromatic rings. The number of furan rings is 1. The van der Waals surface area contributed by atoms with Crippen LogP contribution in [0.3, 0.4) is 0 Å². The van der Waals surface area contributed by atoms with E-state index in [-0.39, 0.29) is 11.7 Å². The Hall–Kier alpha value is -2.67. The maximum Gasteiger partial charge on any atom is 0.213 e. The maximum absolute atomic E-state index is 13.7. The normalized spacial score (nSPS) is 12.1. The molecule has 3 heterocycles. The number of thiazole rings is 1. The number of ketones is 1. The molecule has 0 amide bonds. The van der Waals surface area contributed by atoms with Crippen molar-refractivity contribution in [3.63, 3.8) is 0 Å². The molecule has 0 bridgehead atoms. The van der Waals surface area contributed by atoms with E-state index in [1.54, 1.807) is 31.7 Å². The second-order valence-corrected chi connectivity index (χ2v) is 10.5. The van der Waals surface area contributed by atoms with E-state index in [1.165, 1.54) is 75.5 Å². The van der Waals surface area contributed by atoms with Crippen LogP contribution in [0.1, 0.15) is 112 Å². The van der Waals surface area contributed by atoms with E-state index in [9.17, 15) is 4.79 Å². The fourth-order valence-electron chi connectivity index (χ4n) is 4.62. The highest BCUT2D eigenvalue weighted by molar-refractivity contribution is 7.16. The topological polar surface area (TPSA) is 91.2 Å². The van der Waals surface area contributed by atoms with E-state index in [4.69, 9.17) is 14.9 Å². The van der Waals surface area contributed by atoms with Crippen LogP contribution in [-0.4, -0.2) is 22.9 Å². The van der Waals surface area contributed by atoms with Gasteiger partial charge in [0.25, 0.3) is 0 Å². The molecule has 0 aromatic carbocycles. The summed E-state index contributed by atoms with van der Waals surface area (Å²) in [6.45, 7) is 2.26. The number of hydrogen-bond donors (Lipinski definition) is 1. The first-order valence-electron chi connectivity index (χ1n) is 13.5. The summed E-state index contributed by atoms with van der Waals surface area (Å²) in [7, 11) is 1.55. The lowest BCUT2D eigenvalue weighted by atomic mass is 9.90. The van der Waals surface area contributed by atoms with Gasteiger partial charge in [0.1, 0.15) is 5.69 Å². The molecule has 6 nitrogen and oxygen atoms in total. The van der Waals surface area contributed by atoms with Crippen molar-refractivity contribution >= 4 is 22.3 Å². The Kier molecular flexibility index (Phi) is 12.0. The number of aromatic nitrogens is 2. The number of anilines is 1. The molecule has 0 aliphatic carbocycles. The fraction of sp³-hybridized carbons (Fsp3) is 0.552. The Balaban J connectivity index is 1.58. The van der Waals surface area contributed by atoms with Gasteiger partial charge in [-0.25, -0.2) is 9.97 Å². The quantitative estimate of drug-likeness (QED) is 0.136. The first-order valence-corrected chi connectivity index (χ1v) is 14.3. The predicted molar refractivity (Wildman–Crippen MR) is 148 cm³/mol. The smallest absolute Gasteiger partial charge is 0.213 e. The van der Waals surface area contributed by atoms with Gasteiger partial charge < -0.3 is 14.9 Å². The van der Waals surface area contributed by atoms with Crippen LogP contribution in [0.5, 0.6) is 5.88 Å². The van der Waals surface area contributed by atoms with Gasteiger partial charge in [-0.2, -0.15) is 0 Å². The van der Waals surface area contributed by atoms with Gasteiger partial charge >= 0.3 is 0 Å². The van der Waals surface area contributed by atoms with Crippen molar-refractivity contribution in [3.05, 3.63) is 47.2 Å². The minimum atomic E-state index is -0.338. The molecule has 0 aliphatic rings. The highest BCUT2D eigenvalue weighted by Gasteiger charge is 2.29. The molecule has 2 N–H and O–H groups in total. The molecule has 0 aliphatic heterocycles. The number of pyridine rings is 1. The molecule has 3 aromatic heterocycles. The third kappa shape index (κ3) is 8.47. The molecule has 1 unspecified atom stereocenters. The van der Waals surface area contributed by atoms with Crippen LogP contribution in [0.2, 0.25) is 0 Å². The van der Waals surface area contributed by atoms with Crippen molar-refractivity contribution in [2.45, 2.75) is 96.3 Å². The molecule has 1 atom stereocenters. The average Bonchev–Trinajstić information content (AvgIpc) is 3.56. The number of nitrogens with two attached hydrogens (primary N) is 1. The third-order valence-corrected chi connectivity index (χ3v) is 7.63. The zero-order valence-corrected chi connectivity index (χ0v) is 22.7. The van der Waals surface area contributed by atoms with Gasteiger partial charge in [-0.1, -0.05) is 84.0 Å². The van der Waals surface area contributed by atoms with Crippen LogP contribution in [0, 0.1) is 0 Å². The summed E-state index contributed by atoms with van der Waals surface area (Å²) < 4.78 is 10.9. The second kappa shape index (κ2) is 15.4. The minimum Gasteiger partial charge on any atom is -0.481 e. The third-order valence-electron chi connectivity index (χ3n) is 6.63. The monoisotopic (exact) mass is 511 g/mol. The average molecular weight is 512 g/mol. The molecular weight excluding hydrogens is 470 g/mol. The van der Waals surface area contributed by atoms with Crippen LogP contribution >= 0.6 is 11.3 Å². The van der Waals surface area contributed by atoms with Crippen molar-refractivity contribution < 1.29 is 13.9 Å². The van der Waals surface area contributed by atoms with Gasteiger partial charge in [0.05, 0.1) is 19.3 Å². The van der Waals surface area contributed by atoms with Crippen LogP contribution in [0.15, 0.2) is 41.1 Å². The number of nitrogens with zero attached hydrogens (tertiary/aromatic N) is 2. The van der Waals surface area contributed by atoms with Crippen molar-refractivity contribution in [2.75, 3.05) is 12.8 Å². The van der Waals surface area contributed by atoms with Gasteiger partial charge in [-0.3, -0.25) is 4.79 Å². The largest absolute Gasteiger partial charge is 0.481 e. The van der Waals surface area contributed by atoms with Crippen LogP contribution in [0.4, 0.5) is 5.13 Å². The first kappa shape index (κ1) is 27.9. The number of unbranched alkanes of at least 4 members (excludes halogenated alkanes) is 11. The van der Waals surface area contributed by atoms with Gasteiger partial charge in [0, 0.05) is 22.7 Å². The summed E-state index contributed by atoms with van der Waals surface area (Å²) in [5, 5.41) is 0.441. The molecule has 7 heteroatoms. The summed E-state index contributed by atoms with van der Waals surface area (Å²) in [6, 6.07) is 7.13. The number of hydrogen-bond acceptors (Lipinski definition) is 7. The van der Waals surface area contributed by atoms with Crippen LogP contribution in [0.25, 0.3) is 11.5 Å². The second-order valence-electron chi connectivity index (χ2n) is 9.42. The van der Waals surface area contributed by atoms with Crippen LogP contribution < -0.4 is 10.5 Å². The molecule has 0 radical (unpaired) electrons. The SMILES string of the molecule is CCCCCCCCCCCCCCC(C(=O)c1ccnc(OC)c1)c1sc(N)nc1-c1ccco1. The Morgan fingerprint density at radius 3 is 2.31 bits per heavy atom. The van der Waals surface area contributed by atoms with E-state index < -0.39 is 0 Å². The Morgan fingerprint density at radius 1 is 1.03 bits per heavy atom. The Bertz CT molecular complexity index is 1030. The summed E-state index contributed by atoms with van der Waals surface area (Å²) in [6.07, 6.45) is 19.4. The molecule has 0 saturated heterocycles. The summed E-state index contributed by atoms with van der Waals surface area (Å²) in [5.74, 6) is 0.767. The summed E-state index contributed by atoms with van der Waals surface area (Å²) in [4.78, 5) is 23.2. The highest BCUT2D eigenvalue weighted by atomic mass is 32.1. The predicted octanol–water partition coefficient (Wildman–Crippen LogP) is 8.45.